The van der Waals surface area contributed by atoms with Gasteiger partial charge >= 0.3 is 5.97 Å². The topological polar surface area (TPSA) is 111 Å². The van der Waals surface area contributed by atoms with Crippen LogP contribution in [0.15, 0.2) is 34.1 Å². The monoisotopic (exact) mass is 391 g/mol. The predicted molar refractivity (Wildman–Crippen MR) is 102 cm³/mol. The molecule has 1 aliphatic heterocycles. The second-order valence-corrected chi connectivity index (χ2v) is 8.64. The van der Waals surface area contributed by atoms with Gasteiger partial charge in [0.1, 0.15) is 0 Å². The molecule has 1 fully saturated rings. The number of aromatic amines is 1. The maximum atomic E-state index is 12.6. The van der Waals surface area contributed by atoms with E-state index in [-0.39, 0.29) is 23.1 Å². The Hall–Kier alpha value is -2.68. The molecule has 1 aromatic carbocycles. The van der Waals surface area contributed by atoms with Gasteiger partial charge in [-0.25, -0.2) is 17.9 Å². The molecule has 1 atom stereocenters. The molecular weight excluding hydrogens is 370 g/mol. The molecule has 0 saturated carbocycles. The van der Waals surface area contributed by atoms with Gasteiger partial charge in [0, 0.05) is 11.9 Å². The Balaban J connectivity index is 1.80. The maximum Gasteiger partial charge on any atom is 0.338 e. The van der Waals surface area contributed by atoms with Crippen molar-refractivity contribution in [3.8, 4) is 0 Å². The zero-order valence-electron chi connectivity index (χ0n) is 15.1. The summed E-state index contributed by atoms with van der Waals surface area (Å²) in [6.07, 6.45) is 1.88. The van der Waals surface area contributed by atoms with E-state index in [9.17, 15) is 18.0 Å². The summed E-state index contributed by atoms with van der Waals surface area (Å²) in [5.41, 5.74) is 1.72. The van der Waals surface area contributed by atoms with Gasteiger partial charge < -0.3 is 4.74 Å². The fourth-order valence-corrected chi connectivity index (χ4v) is 4.71. The van der Waals surface area contributed by atoms with Crippen LogP contribution >= 0.6 is 0 Å². The lowest BCUT2D eigenvalue weighted by Gasteiger charge is -2.07. The van der Waals surface area contributed by atoms with Crippen LogP contribution in [0.2, 0.25) is 0 Å². The van der Waals surface area contributed by atoms with Crippen LogP contribution in [-0.2, 0) is 14.6 Å². The number of carbonyl (C=O) groups is 1. The predicted octanol–water partition coefficient (Wildman–Crippen LogP) is 1.77. The van der Waals surface area contributed by atoms with Crippen LogP contribution < -0.4 is 5.56 Å². The first-order valence-corrected chi connectivity index (χ1v) is 10.5. The second kappa shape index (κ2) is 7.51. The highest BCUT2D eigenvalue weighted by Crippen LogP contribution is 2.22. The van der Waals surface area contributed by atoms with E-state index in [2.05, 4.69) is 10.1 Å². The highest BCUT2D eigenvalue weighted by molar-refractivity contribution is 7.91. The Morgan fingerprint density at radius 3 is 2.67 bits per heavy atom. The van der Waals surface area contributed by atoms with E-state index in [0.717, 1.165) is 0 Å². The molecule has 0 spiro atoms. The van der Waals surface area contributed by atoms with Gasteiger partial charge in [-0.1, -0.05) is 0 Å². The first-order chi connectivity index (χ1) is 12.8. The Morgan fingerprint density at radius 2 is 2.07 bits per heavy atom. The minimum atomic E-state index is -3.09. The van der Waals surface area contributed by atoms with Crippen molar-refractivity contribution in [2.45, 2.75) is 26.3 Å². The first kappa shape index (κ1) is 19.1. The Bertz CT molecular complexity index is 1030. The molecule has 1 aliphatic rings. The number of H-pyrrole nitrogens is 1. The van der Waals surface area contributed by atoms with E-state index in [0.29, 0.717) is 35.5 Å². The number of nitrogens with zero attached hydrogens (tertiary/aromatic N) is 2. The lowest BCUT2D eigenvalue weighted by molar-refractivity contribution is 0.0526. The molecule has 27 heavy (non-hydrogen) atoms. The fraction of sp³-hybridized carbons (Fsp3) is 0.389. The zero-order valence-corrected chi connectivity index (χ0v) is 16.0. The third-order valence-corrected chi connectivity index (χ3v) is 6.19. The summed E-state index contributed by atoms with van der Waals surface area (Å²) in [5, 5.41) is 2.95. The van der Waals surface area contributed by atoms with Crippen molar-refractivity contribution in [3.05, 3.63) is 51.4 Å². The van der Waals surface area contributed by atoms with Crippen molar-refractivity contribution in [2.75, 3.05) is 18.1 Å². The first-order valence-electron chi connectivity index (χ1n) is 8.63. The van der Waals surface area contributed by atoms with Gasteiger partial charge in [-0.15, -0.1) is 0 Å². The molecule has 0 unspecified atom stereocenters. The van der Waals surface area contributed by atoms with Crippen molar-refractivity contribution < 1.29 is 17.9 Å². The molecule has 1 N–H and O–H groups in total. The van der Waals surface area contributed by atoms with Crippen LogP contribution in [0.3, 0.4) is 0 Å². The fourth-order valence-electron chi connectivity index (χ4n) is 3.01. The largest absolute Gasteiger partial charge is 0.462 e. The van der Waals surface area contributed by atoms with Crippen LogP contribution in [-0.4, -0.2) is 48.5 Å². The molecule has 9 heteroatoms. The van der Waals surface area contributed by atoms with Gasteiger partial charge in [0.05, 0.1) is 41.0 Å². The van der Waals surface area contributed by atoms with Crippen molar-refractivity contribution in [1.82, 2.24) is 9.78 Å². The van der Waals surface area contributed by atoms with Crippen LogP contribution in [0.5, 0.6) is 0 Å². The SMILES string of the molecule is CCOC(=O)c1ccc(N=Cc2c(C)[nH]n([C@H]3CCS(=O)(=O)C3)c2=O)cc1. The smallest absolute Gasteiger partial charge is 0.338 e. The molecule has 3 rings (SSSR count). The number of carbonyl (C=O) groups excluding carboxylic acids is 1. The van der Waals surface area contributed by atoms with E-state index >= 15 is 0 Å². The maximum absolute atomic E-state index is 12.6. The number of hydrogen-bond acceptors (Lipinski definition) is 6. The zero-order chi connectivity index (χ0) is 19.6. The van der Waals surface area contributed by atoms with Gasteiger partial charge in [0.25, 0.3) is 5.56 Å². The number of aryl methyl sites for hydroxylation is 1. The van der Waals surface area contributed by atoms with Crippen LogP contribution in [0, 0.1) is 6.92 Å². The second-order valence-electron chi connectivity index (χ2n) is 6.41. The summed E-state index contributed by atoms with van der Waals surface area (Å²) in [5.74, 6) is -0.333. The number of sulfone groups is 1. The molecule has 1 aromatic heterocycles. The van der Waals surface area contributed by atoms with Crippen LogP contribution in [0.25, 0.3) is 0 Å². The van der Waals surface area contributed by atoms with Gasteiger partial charge in [0.2, 0.25) is 0 Å². The molecule has 8 nitrogen and oxygen atoms in total. The molecule has 0 radical (unpaired) electrons. The minimum Gasteiger partial charge on any atom is -0.462 e. The van der Waals surface area contributed by atoms with Crippen molar-refractivity contribution in [3.63, 3.8) is 0 Å². The van der Waals surface area contributed by atoms with E-state index in [1.807, 2.05) is 0 Å². The van der Waals surface area contributed by atoms with Crippen molar-refractivity contribution >= 4 is 27.7 Å². The molecule has 0 amide bonds. The number of benzene rings is 1. The number of hydrogen-bond donors (Lipinski definition) is 1. The average Bonchev–Trinajstić information content (AvgIpc) is 3.13. The summed E-state index contributed by atoms with van der Waals surface area (Å²) >= 11 is 0. The number of rotatable bonds is 5. The van der Waals surface area contributed by atoms with E-state index in [1.165, 1.54) is 10.9 Å². The molecule has 2 aromatic rings. The summed E-state index contributed by atoms with van der Waals surface area (Å²) in [7, 11) is -3.09. The average molecular weight is 391 g/mol. The van der Waals surface area contributed by atoms with Crippen molar-refractivity contribution in [2.24, 2.45) is 4.99 Å². The summed E-state index contributed by atoms with van der Waals surface area (Å²) in [6.45, 7) is 3.79. The van der Waals surface area contributed by atoms with Gasteiger partial charge in [0.15, 0.2) is 9.84 Å². The van der Waals surface area contributed by atoms with Crippen LogP contribution in [0.1, 0.15) is 41.0 Å². The number of aliphatic imine (C=N–C) groups is 1. The molecule has 0 bridgehead atoms. The molecule has 0 aliphatic carbocycles. The van der Waals surface area contributed by atoms with E-state index in [1.54, 1.807) is 38.1 Å². The van der Waals surface area contributed by atoms with Gasteiger partial charge in [-0.2, -0.15) is 0 Å². The standard InChI is InChI=1S/C18H21N3O5S/c1-3-26-18(23)13-4-6-14(7-5-13)19-10-16-12(2)20-21(17(16)22)15-8-9-27(24,25)11-15/h4-7,10,15,20H,3,8-9,11H2,1-2H3/t15-/m0/s1. The highest BCUT2D eigenvalue weighted by atomic mass is 32.2. The number of nitrogens with one attached hydrogen (secondary N) is 1. The minimum absolute atomic E-state index is 0.0290. The molecule has 2 heterocycles. The highest BCUT2D eigenvalue weighted by Gasteiger charge is 2.31. The lowest BCUT2D eigenvalue weighted by atomic mass is 10.2. The molecule has 1 saturated heterocycles. The number of ether oxygens (including phenoxy) is 1. The molecular formula is C18H21N3O5S. The van der Waals surface area contributed by atoms with Gasteiger partial charge in [-0.3, -0.25) is 14.9 Å². The number of aromatic nitrogens is 2. The third-order valence-electron chi connectivity index (χ3n) is 4.44. The summed E-state index contributed by atoms with van der Waals surface area (Å²) in [4.78, 5) is 28.5. The molecule has 144 valence electrons. The van der Waals surface area contributed by atoms with Gasteiger partial charge in [-0.05, 0) is 44.5 Å². The lowest BCUT2D eigenvalue weighted by Crippen LogP contribution is -2.25. The summed E-state index contributed by atoms with van der Waals surface area (Å²) < 4.78 is 29.6. The Kier molecular flexibility index (Phi) is 5.31. The summed E-state index contributed by atoms with van der Waals surface area (Å²) in [6, 6.07) is 6.17. The third kappa shape index (κ3) is 4.19. The van der Waals surface area contributed by atoms with Crippen molar-refractivity contribution in [1.29, 1.82) is 0 Å². The number of esters is 1. The Morgan fingerprint density at radius 1 is 1.37 bits per heavy atom. The Labute approximate surface area is 156 Å². The van der Waals surface area contributed by atoms with E-state index < -0.39 is 15.8 Å². The normalized spacial score (nSPS) is 18.8. The quantitative estimate of drug-likeness (QED) is 0.617. The van der Waals surface area contributed by atoms with Crippen LogP contribution in [0.4, 0.5) is 5.69 Å². The van der Waals surface area contributed by atoms with E-state index in [4.69, 9.17) is 4.74 Å².